The van der Waals surface area contributed by atoms with Gasteiger partial charge < -0.3 is 43.0 Å². The third kappa shape index (κ3) is 5.71. The number of likely N-dealkylation sites (N-methyl/N-ethyl adjacent to an activating group) is 1. The molecule has 3 aromatic carbocycles. The summed E-state index contributed by atoms with van der Waals surface area (Å²) in [7, 11) is 4.92. The number of nitriles is 1. The number of benzene rings is 3. The van der Waals surface area contributed by atoms with Crippen molar-refractivity contribution < 1.29 is 57.4 Å². The number of esters is 2. The highest BCUT2D eigenvalue weighted by Crippen LogP contribution is 2.64. The summed E-state index contributed by atoms with van der Waals surface area (Å²) >= 11 is 1.44. The molecule has 7 aliphatic heterocycles. The Hall–Kier alpha value is -5.67. The topological polar surface area (TPSA) is 188 Å². The smallest absolute Gasteiger partial charge is 0.504 e. The van der Waals surface area contributed by atoms with Gasteiger partial charge in [-0.25, -0.2) is 9.59 Å². The molecule has 0 saturated carbocycles. The van der Waals surface area contributed by atoms with Crippen LogP contribution < -0.4 is 33.7 Å². The van der Waals surface area contributed by atoms with Gasteiger partial charge in [-0.1, -0.05) is 12.6 Å². The van der Waals surface area contributed by atoms with Gasteiger partial charge in [0, 0.05) is 53.6 Å². The minimum Gasteiger partial charge on any atom is -0.504 e. The van der Waals surface area contributed by atoms with E-state index in [1.54, 1.807) is 12.1 Å². The maximum atomic E-state index is 15.0. The van der Waals surface area contributed by atoms with Crippen LogP contribution in [0.1, 0.15) is 68.8 Å². The standard InChI is InChI=1S/C43H44N4O12S/c1-8-54-42(51)59-29-13-22-9-10-45-43(24(22)14-28(29)52-6)17-60-40-32-31(39-38(56-18-57-39)20(3)37(32)58-21(4)48)27(16-55-41(43)50)47-26(15-44)25-12-23-11-19(2)36(53-7)35(49)30(23)33(34(40)47)46(25)5/h8,11,13-14,25-27,33-34,40,45,49H,1,9-10,12,16-18H2,2-7H3/t25-,26+,27+,33+,34?,40-,43-/m1/s1. The average molecular weight is 841 g/mol. The molecule has 1 unspecified atom stereocenters. The van der Waals surface area contributed by atoms with Crippen LogP contribution in [0.5, 0.6) is 40.2 Å². The number of hydrogen-bond acceptors (Lipinski definition) is 17. The lowest BCUT2D eigenvalue weighted by Crippen LogP contribution is -2.69. The van der Waals surface area contributed by atoms with Crippen LogP contribution in [0.15, 0.2) is 31.0 Å². The van der Waals surface area contributed by atoms with Crippen molar-refractivity contribution in [3.05, 3.63) is 75.5 Å². The Labute approximate surface area is 350 Å². The van der Waals surface area contributed by atoms with Crippen molar-refractivity contribution in [2.75, 3.05) is 47.0 Å². The highest BCUT2D eigenvalue weighted by molar-refractivity contribution is 7.99. The molecule has 2 fully saturated rings. The third-order valence-corrected chi connectivity index (χ3v) is 14.3. The molecule has 1 spiro atoms. The van der Waals surface area contributed by atoms with Crippen LogP contribution in [0, 0.1) is 25.2 Å². The number of piperazine rings is 1. The summed E-state index contributed by atoms with van der Waals surface area (Å²) in [5.74, 6) is 0.796. The number of nitrogens with one attached hydrogen (secondary N) is 1. The maximum Gasteiger partial charge on any atom is 0.518 e. The van der Waals surface area contributed by atoms with Crippen molar-refractivity contribution in [3.8, 4) is 46.3 Å². The molecule has 2 N–H and O–H groups in total. The van der Waals surface area contributed by atoms with Crippen LogP contribution in [-0.4, -0.2) is 98.1 Å². The second-order valence-electron chi connectivity index (χ2n) is 15.7. The molecule has 314 valence electrons. The fourth-order valence-corrected chi connectivity index (χ4v) is 12.1. The predicted octanol–water partition coefficient (Wildman–Crippen LogP) is 4.94. The number of fused-ring (bicyclic) bond motifs is 9. The number of ether oxygens (including phenoxy) is 8. The first kappa shape index (κ1) is 39.8. The van der Waals surface area contributed by atoms with Crippen molar-refractivity contribution >= 4 is 29.9 Å². The molecule has 7 heterocycles. The first-order valence-electron chi connectivity index (χ1n) is 19.6. The molecule has 7 aliphatic rings. The quantitative estimate of drug-likeness (QED) is 0.152. The second-order valence-corrected chi connectivity index (χ2v) is 16.8. The van der Waals surface area contributed by atoms with E-state index in [2.05, 4.69) is 27.8 Å². The van der Waals surface area contributed by atoms with Crippen LogP contribution in [0.25, 0.3) is 0 Å². The van der Waals surface area contributed by atoms with E-state index >= 15 is 0 Å². The SMILES string of the molecule is C=COC(=O)Oc1cc2c(cc1OC)[C@@]1(CS[C@@H]3c4c(OC(C)=O)c(C)c5c(c4[C@H](COC1=O)N1C3[C@@H]3c4c(cc(C)c(OC)c4O)C[C@H]([C@@H]1C#N)N3C)OCO5)NCC2. The van der Waals surface area contributed by atoms with Gasteiger partial charge in [-0.15, -0.1) is 11.8 Å². The van der Waals surface area contributed by atoms with E-state index in [9.17, 15) is 24.8 Å². The van der Waals surface area contributed by atoms with Gasteiger partial charge in [0.25, 0.3) is 0 Å². The van der Waals surface area contributed by atoms with Crippen LogP contribution in [0.2, 0.25) is 0 Å². The largest absolute Gasteiger partial charge is 0.518 e. The summed E-state index contributed by atoms with van der Waals surface area (Å²) in [6, 6.07) is 5.06. The van der Waals surface area contributed by atoms with Gasteiger partial charge in [0.2, 0.25) is 6.79 Å². The van der Waals surface area contributed by atoms with Crippen molar-refractivity contribution in [1.82, 2.24) is 15.1 Å². The Morgan fingerprint density at radius 3 is 2.55 bits per heavy atom. The molecule has 4 bridgehead atoms. The number of nitrogens with zero attached hydrogens (tertiary/aromatic N) is 3. The molecule has 10 rings (SSSR count). The summed E-state index contributed by atoms with van der Waals surface area (Å²) in [6.45, 7) is 8.51. The average Bonchev–Trinajstić information content (AvgIpc) is 3.71. The first-order valence-corrected chi connectivity index (χ1v) is 20.6. The normalized spacial score (nSPS) is 27.2. The molecule has 60 heavy (non-hydrogen) atoms. The van der Waals surface area contributed by atoms with E-state index in [0.29, 0.717) is 70.2 Å². The molecule has 0 aromatic heterocycles. The second kappa shape index (κ2) is 14.8. The zero-order chi connectivity index (χ0) is 42.4. The number of aromatic hydroxyl groups is 1. The number of rotatable bonds is 5. The number of carbonyl (C=O) groups excluding carboxylic acids is 3. The number of methoxy groups -OCH3 is 2. The number of aryl methyl sites for hydroxylation is 1. The first-order chi connectivity index (χ1) is 28.9. The Morgan fingerprint density at radius 2 is 1.83 bits per heavy atom. The summed E-state index contributed by atoms with van der Waals surface area (Å²) < 4.78 is 46.6. The number of phenolic OH excluding ortho intramolecular Hbond substituents is 1. The molecule has 16 nitrogen and oxygen atoms in total. The molecule has 0 aliphatic carbocycles. The molecular weight excluding hydrogens is 797 g/mol. The van der Waals surface area contributed by atoms with E-state index in [4.69, 9.17) is 37.9 Å². The van der Waals surface area contributed by atoms with Crippen LogP contribution in [-0.2, 0) is 37.4 Å². The highest BCUT2D eigenvalue weighted by Gasteiger charge is 2.62. The summed E-state index contributed by atoms with van der Waals surface area (Å²) in [6.07, 6.45) is 0.901. The van der Waals surface area contributed by atoms with Gasteiger partial charge in [0.05, 0.1) is 43.9 Å². The summed E-state index contributed by atoms with van der Waals surface area (Å²) in [5.41, 5.74) is 4.03. The van der Waals surface area contributed by atoms with Crippen molar-refractivity contribution in [1.29, 1.82) is 5.26 Å². The van der Waals surface area contributed by atoms with Crippen LogP contribution in [0.4, 0.5) is 4.79 Å². The third-order valence-electron chi connectivity index (χ3n) is 12.8. The van der Waals surface area contributed by atoms with Gasteiger partial charge in [0.1, 0.15) is 18.4 Å². The molecule has 2 saturated heterocycles. The molecule has 0 radical (unpaired) electrons. The number of thioether (sulfide) groups is 1. The Morgan fingerprint density at radius 1 is 1.05 bits per heavy atom. The molecular formula is C43H44N4O12S. The van der Waals surface area contributed by atoms with E-state index < -0.39 is 53.1 Å². The zero-order valence-corrected chi connectivity index (χ0v) is 34.7. The Balaban J connectivity index is 1.29. The summed E-state index contributed by atoms with van der Waals surface area (Å²) in [5, 5.41) is 26.2. The molecule has 17 heteroatoms. The van der Waals surface area contributed by atoms with E-state index in [1.807, 2.05) is 27.0 Å². The van der Waals surface area contributed by atoms with E-state index in [-0.39, 0.29) is 42.4 Å². The van der Waals surface area contributed by atoms with Gasteiger partial charge >= 0.3 is 18.1 Å². The van der Waals surface area contributed by atoms with E-state index in [0.717, 1.165) is 23.0 Å². The molecule has 7 atom stereocenters. The monoisotopic (exact) mass is 840 g/mol. The maximum absolute atomic E-state index is 15.0. The van der Waals surface area contributed by atoms with E-state index in [1.165, 1.54) is 32.9 Å². The van der Waals surface area contributed by atoms with Crippen molar-refractivity contribution in [2.24, 2.45) is 0 Å². The number of carbonyl (C=O) groups is 3. The highest BCUT2D eigenvalue weighted by atomic mass is 32.2. The number of hydrogen-bond donors (Lipinski definition) is 2. The molecule has 0 amide bonds. The Kier molecular flexibility index (Phi) is 9.81. The number of phenols is 1. The lowest BCUT2D eigenvalue weighted by molar-refractivity contribution is -0.157. The lowest BCUT2D eigenvalue weighted by atomic mass is 9.71. The van der Waals surface area contributed by atoms with Crippen molar-refractivity contribution in [2.45, 2.75) is 74.6 Å². The molecule has 3 aromatic rings. The van der Waals surface area contributed by atoms with Crippen LogP contribution >= 0.6 is 11.8 Å². The van der Waals surface area contributed by atoms with Gasteiger partial charge in [-0.05, 0) is 68.1 Å². The van der Waals surface area contributed by atoms with Crippen LogP contribution in [0.3, 0.4) is 0 Å². The predicted molar refractivity (Wildman–Crippen MR) is 214 cm³/mol. The Bertz CT molecular complexity index is 2420. The fourth-order valence-electron chi connectivity index (χ4n) is 10.4. The lowest BCUT2D eigenvalue weighted by Gasteiger charge is -2.62. The van der Waals surface area contributed by atoms with Crippen molar-refractivity contribution in [3.63, 3.8) is 0 Å². The fraction of sp³-hybridized carbons (Fsp3) is 0.442. The minimum absolute atomic E-state index is 0.0197. The van der Waals surface area contributed by atoms with Gasteiger partial charge in [-0.3, -0.25) is 19.9 Å². The van der Waals surface area contributed by atoms with Gasteiger partial charge in [0.15, 0.2) is 40.0 Å². The zero-order valence-electron chi connectivity index (χ0n) is 33.9. The summed E-state index contributed by atoms with van der Waals surface area (Å²) in [4.78, 5) is 44.6. The van der Waals surface area contributed by atoms with Gasteiger partial charge in [-0.2, -0.15) is 5.26 Å². The minimum atomic E-state index is -1.45.